The van der Waals surface area contributed by atoms with Crippen LogP contribution in [0.3, 0.4) is 0 Å². The zero-order chi connectivity index (χ0) is 9.78. The molecule has 0 aliphatic rings. The number of allylic oxidation sites excluding steroid dienone is 3. The molecule has 0 aliphatic heterocycles. The molecular weight excluding hydrogens is 146 g/mol. The zero-order valence-corrected chi connectivity index (χ0v) is 8.81. The fraction of sp³-hybridized carbons (Fsp3) is 0.545. The molecule has 0 unspecified atom stereocenters. The van der Waals surface area contributed by atoms with Crippen LogP contribution >= 0.6 is 0 Å². The number of aliphatic imine (C=N–C) groups is 1. The van der Waals surface area contributed by atoms with Gasteiger partial charge in [-0.2, -0.15) is 0 Å². The van der Waals surface area contributed by atoms with Crippen LogP contribution in [0.5, 0.6) is 0 Å². The van der Waals surface area contributed by atoms with E-state index in [2.05, 4.69) is 39.3 Å². The molecule has 0 saturated carbocycles. The molecule has 0 aliphatic carbocycles. The van der Waals surface area contributed by atoms with Crippen LogP contribution in [-0.2, 0) is 0 Å². The molecule has 0 aromatic rings. The summed E-state index contributed by atoms with van der Waals surface area (Å²) in [4.78, 5) is 4.44. The van der Waals surface area contributed by atoms with Crippen LogP contribution in [0, 0.1) is 5.41 Å². The molecule has 0 radical (unpaired) electrons. The van der Waals surface area contributed by atoms with E-state index in [1.807, 2.05) is 13.0 Å². The Labute approximate surface area is 75.9 Å². The van der Waals surface area contributed by atoms with Gasteiger partial charge in [-0.3, -0.25) is 4.99 Å². The van der Waals surface area contributed by atoms with E-state index in [9.17, 15) is 0 Å². The van der Waals surface area contributed by atoms with Gasteiger partial charge in [0.05, 0.1) is 0 Å². The van der Waals surface area contributed by atoms with Crippen molar-refractivity contribution in [2.45, 2.75) is 34.6 Å². The molecule has 0 heterocycles. The maximum absolute atomic E-state index is 4.44. The minimum atomic E-state index is 0.163. The van der Waals surface area contributed by atoms with E-state index < -0.39 is 0 Å². The SMILES string of the molecule is C=C/C=C(/C)N=C(C)C(C)(C)C. The number of rotatable bonds is 2. The molecule has 0 bridgehead atoms. The highest BCUT2D eigenvalue weighted by Crippen LogP contribution is 2.16. The second-order valence-electron chi connectivity index (χ2n) is 3.99. The normalized spacial score (nSPS) is 14.8. The largest absolute Gasteiger partial charge is 0.262 e. The van der Waals surface area contributed by atoms with Crippen LogP contribution in [-0.4, -0.2) is 5.71 Å². The Morgan fingerprint density at radius 1 is 1.25 bits per heavy atom. The summed E-state index contributed by atoms with van der Waals surface area (Å²) in [6.07, 6.45) is 3.67. The number of nitrogens with zero attached hydrogens (tertiary/aromatic N) is 1. The first-order valence-corrected chi connectivity index (χ1v) is 4.23. The van der Waals surface area contributed by atoms with Crippen molar-refractivity contribution >= 4 is 5.71 Å². The molecular formula is C11H19N. The van der Waals surface area contributed by atoms with Gasteiger partial charge in [0, 0.05) is 11.4 Å². The second kappa shape index (κ2) is 4.24. The Kier molecular flexibility index (Phi) is 3.94. The highest BCUT2D eigenvalue weighted by Gasteiger charge is 2.13. The molecule has 68 valence electrons. The van der Waals surface area contributed by atoms with Gasteiger partial charge < -0.3 is 0 Å². The molecule has 0 spiro atoms. The van der Waals surface area contributed by atoms with Gasteiger partial charge in [0.2, 0.25) is 0 Å². The monoisotopic (exact) mass is 165 g/mol. The maximum atomic E-state index is 4.44. The van der Waals surface area contributed by atoms with E-state index in [1.54, 1.807) is 6.08 Å². The summed E-state index contributed by atoms with van der Waals surface area (Å²) in [5.41, 5.74) is 2.33. The van der Waals surface area contributed by atoms with Crippen LogP contribution in [0.2, 0.25) is 0 Å². The Bertz CT molecular complexity index is 214. The standard InChI is InChI=1S/C11H19N/c1-7-8-9(2)12-10(3)11(4,5)6/h7-8H,1H2,2-6H3/b9-8-,12-10?. The van der Waals surface area contributed by atoms with Crippen molar-refractivity contribution < 1.29 is 0 Å². The summed E-state index contributed by atoms with van der Waals surface area (Å²) in [6.45, 7) is 14.1. The Hall–Kier alpha value is -0.850. The quantitative estimate of drug-likeness (QED) is 0.438. The van der Waals surface area contributed by atoms with Gasteiger partial charge in [-0.25, -0.2) is 0 Å². The minimum Gasteiger partial charge on any atom is -0.262 e. The van der Waals surface area contributed by atoms with Gasteiger partial charge in [-0.15, -0.1) is 0 Å². The van der Waals surface area contributed by atoms with Crippen molar-refractivity contribution in [2.24, 2.45) is 10.4 Å². The van der Waals surface area contributed by atoms with Crippen molar-refractivity contribution in [1.29, 1.82) is 0 Å². The summed E-state index contributed by atoms with van der Waals surface area (Å²) in [5, 5.41) is 0. The van der Waals surface area contributed by atoms with Crippen molar-refractivity contribution in [2.75, 3.05) is 0 Å². The average molecular weight is 165 g/mol. The van der Waals surface area contributed by atoms with Crippen molar-refractivity contribution in [3.05, 3.63) is 24.4 Å². The average Bonchev–Trinajstić information content (AvgIpc) is 1.85. The lowest BCUT2D eigenvalue weighted by atomic mass is 9.91. The molecule has 0 aromatic heterocycles. The minimum absolute atomic E-state index is 0.163. The van der Waals surface area contributed by atoms with Crippen molar-refractivity contribution in [1.82, 2.24) is 0 Å². The molecule has 0 N–H and O–H groups in total. The fourth-order valence-corrected chi connectivity index (χ4v) is 0.640. The number of hydrogen-bond acceptors (Lipinski definition) is 1. The summed E-state index contributed by atoms with van der Waals surface area (Å²) < 4.78 is 0. The van der Waals surface area contributed by atoms with Gasteiger partial charge in [-0.1, -0.05) is 33.4 Å². The van der Waals surface area contributed by atoms with E-state index in [4.69, 9.17) is 0 Å². The Morgan fingerprint density at radius 2 is 1.75 bits per heavy atom. The van der Waals surface area contributed by atoms with Crippen LogP contribution in [0.25, 0.3) is 0 Å². The highest BCUT2D eigenvalue weighted by atomic mass is 14.8. The molecule has 0 rings (SSSR count). The van der Waals surface area contributed by atoms with Crippen LogP contribution in [0.15, 0.2) is 29.4 Å². The summed E-state index contributed by atoms with van der Waals surface area (Å²) in [7, 11) is 0. The molecule has 0 atom stereocenters. The van der Waals surface area contributed by atoms with Crippen molar-refractivity contribution in [3.63, 3.8) is 0 Å². The summed E-state index contributed by atoms with van der Waals surface area (Å²) in [6, 6.07) is 0. The van der Waals surface area contributed by atoms with Gasteiger partial charge in [0.15, 0.2) is 0 Å². The van der Waals surface area contributed by atoms with Crippen LogP contribution in [0.4, 0.5) is 0 Å². The van der Waals surface area contributed by atoms with Gasteiger partial charge in [0.1, 0.15) is 0 Å². The fourth-order valence-electron chi connectivity index (χ4n) is 0.640. The number of hydrogen-bond donors (Lipinski definition) is 0. The predicted molar refractivity (Wildman–Crippen MR) is 56.5 cm³/mol. The topological polar surface area (TPSA) is 12.4 Å². The summed E-state index contributed by atoms with van der Waals surface area (Å²) in [5.74, 6) is 0. The third kappa shape index (κ3) is 4.12. The molecule has 0 amide bonds. The summed E-state index contributed by atoms with van der Waals surface area (Å²) >= 11 is 0. The first-order valence-electron chi connectivity index (χ1n) is 4.23. The van der Waals surface area contributed by atoms with E-state index in [0.29, 0.717) is 0 Å². The first-order chi connectivity index (χ1) is 5.38. The molecule has 12 heavy (non-hydrogen) atoms. The molecule has 0 aromatic carbocycles. The third-order valence-corrected chi connectivity index (χ3v) is 1.79. The predicted octanol–water partition coefficient (Wildman–Crippen LogP) is 3.58. The van der Waals surface area contributed by atoms with Crippen molar-refractivity contribution in [3.8, 4) is 0 Å². The van der Waals surface area contributed by atoms with Gasteiger partial charge in [0.25, 0.3) is 0 Å². The molecule has 0 saturated heterocycles. The lowest BCUT2D eigenvalue weighted by molar-refractivity contribution is 0.587. The molecule has 1 nitrogen and oxygen atoms in total. The Balaban J connectivity index is 4.57. The lowest BCUT2D eigenvalue weighted by Gasteiger charge is -2.17. The van der Waals surface area contributed by atoms with Gasteiger partial charge in [-0.05, 0) is 25.3 Å². The highest BCUT2D eigenvalue weighted by molar-refractivity contribution is 5.87. The third-order valence-electron chi connectivity index (χ3n) is 1.79. The van der Waals surface area contributed by atoms with E-state index in [-0.39, 0.29) is 5.41 Å². The zero-order valence-electron chi connectivity index (χ0n) is 8.81. The maximum Gasteiger partial charge on any atom is 0.0371 e. The van der Waals surface area contributed by atoms with Crippen LogP contribution < -0.4 is 0 Å². The molecule has 0 fully saturated rings. The van der Waals surface area contributed by atoms with Crippen LogP contribution in [0.1, 0.15) is 34.6 Å². The second-order valence-corrected chi connectivity index (χ2v) is 3.99. The Morgan fingerprint density at radius 3 is 2.08 bits per heavy atom. The molecule has 1 heteroatoms. The van der Waals surface area contributed by atoms with E-state index in [0.717, 1.165) is 11.4 Å². The van der Waals surface area contributed by atoms with E-state index >= 15 is 0 Å². The van der Waals surface area contributed by atoms with Gasteiger partial charge >= 0.3 is 0 Å². The van der Waals surface area contributed by atoms with E-state index in [1.165, 1.54) is 0 Å². The smallest absolute Gasteiger partial charge is 0.0371 e. The first kappa shape index (κ1) is 11.2. The lowest BCUT2D eigenvalue weighted by Crippen LogP contribution is -2.16.